The van der Waals surface area contributed by atoms with Crippen molar-refractivity contribution in [3.63, 3.8) is 0 Å². The molecule has 0 aliphatic carbocycles. The molecule has 1 aromatic carbocycles. The molecule has 0 radical (unpaired) electrons. The van der Waals surface area contributed by atoms with Crippen molar-refractivity contribution in [2.24, 2.45) is 0 Å². The van der Waals surface area contributed by atoms with Gasteiger partial charge in [-0.15, -0.1) is 0 Å². The van der Waals surface area contributed by atoms with Gasteiger partial charge in [0.2, 0.25) is 0 Å². The SMILES string of the molecule is CC/C=C\CC/C=C/C=C\C=C\C(O)CCOc1cccc(CC=O)c1. The van der Waals surface area contributed by atoms with Crippen LogP contribution in [-0.2, 0) is 11.2 Å². The molecule has 0 aliphatic heterocycles. The molecular formula is C23H30O3. The zero-order valence-electron chi connectivity index (χ0n) is 15.6. The number of hydrogen-bond acceptors (Lipinski definition) is 3. The largest absolute Gasteiger partial charge is 0.493 e. The van der Waals surface area contributed by atoms with Gasteiger partial charge in [-0.3, -0.25) is 0 Å². The lowest BCUT2D eigenvalue weighted by Crippen LogP contribution is -2.09. The van der Waals surface area contributed by atoms with Crippen molar-refractivity contribution in [2.75, 3.05) is 6.61 Å². The number of aldehydes is 1. The summed E-state index contributed by atoms with van der Waals surface area (Å²) in [6, 6.07) is 7.46. The first-order chi connectivity index (χ1) is 12.8. The van der Waals surface area contributed by atoms with Crippen molar-refractivity contribution >= 4 is 6.29 Å². The molecule has 0 aromatic heterocycles. The molecule has 1 rings (SSSR count). The molecule has 0 amide bonds. The molecule has 3 nitrogen and oxygen atoms in total. The summed E-state index contributed by atoms with van der Waals surface area (Å²) in [4.78, 5) is 10.5. The first kappa shape index (κ1) is 21.7. The van der Waals surface area contributed by atoms with Crippen LogP contribution in [0.3, 0.4) is 0 Å². The summed E-state index contributed by atoms with van der Waals surface area (Å²) in [5.41, 5.74) is 0.928. The third-order valence-electron chi connectivity index (χ3n) is 3.60. The van der Waals surface area contributed by atoms with Crippen molar-refractivity contribution in [2.45, 2.75) is 45.1 Å². The summed E-state index contributed by atoms with van der Waals surface area (Å²) in [5, 5.41) is 9.92. The summed E-state index contributed by atoms with van der Waals surface area (Å²) in [6.45, 7) is 2.56. The minimum Gasteiger partial charge on any atom is -0.493 e. The van der Waals surface area contributed by atoms with Crippen LogP contribution < -0.4 is 4.74 Å². The van der Waals surface area contributed by atoms with Gasteiger partial charge in [-0.25, -0.2) is 0 Å². The molecule has 140 valence electrons. The normalized spacial score (nSPS) is 13.3. The van der Waals surface area contributed by atoms with Crippen molar-refractivity contribution in [1.82, 2.24) is 0 Å². The lowest BCUT2D eigenvalue weighted by molar-refractivity contribution is -0.107. The molecule has 0 saturated heterocycles. The number of carbonyl (C=O) groups is 1. The molecule has 1 atom stereocenters. The number of benzene rings is 1. The Morgan fingerprint density at radius 1 is 1.08 bits per heavy atom. The Balaban J connectivity index is 2.20. The fourth-order valence-corrected chi connectivity index (χ4v) is 2.22. The molecule has 0 saturated carbocycles. The predicted octanol–water partition coefficient (Wildman–Crippen LogP) is 4.97. The highest BCUT2D eigenvalue weighted by Gasteiger charge is 2.00. The Morgan fingerprint density at radius 3 is 2.69 bits per heavy atom. The van der Waals surface area contributed by atoms with E-state index in [1.807, 2.05) is 48.6 Å². The van der Waals surface area contributed by atoms with Gasteiger partial charge in [-0.2, -0.15) is 0 Å². The Morgan fingerprint density at radius 2 is 1.88 bits per heavy atom. The highest BCUT2D eigenvalue weighted by molar-refractivity contribution is 5.55. The third-order valence-corrected chi connectivity index (χ3v) is 3.60. The zero-order chi connectivity index (χ0) is 18.9. The molecule has 26 heavy (non-hydrogen) atoms. The number of aliphatic hydroxyl groups excluding tert-OH is 1. The Bertz CT molecular complexity index is 612. The van der Waals surface area contributed by atoms with Gasteiger partial charge in [0.15, 0.2) is 0 Å². The molecule has 1 aromatic rings. The quantitative estimate of drug-likeness (QED) is 0.235. The summed E-state index contributed by atoms with van der Waals surface area (Å²) >= 11 is 0. The predicted molar refractivity (Wildman–Crippen MR) is 108 cm³/mol. The topological polar surface area (TPSA) is 46.5 Å². The third kappa shape index (κ3) is 11.2. The van der Waals surface area contributed by atoms with Crippen LogP contribution in [0.15, 0.2) is 72.9 Å². The number of aliphatic hydroxyl groups is 1. The van der Waals surface area contributed by atoms with Crippen LogP contribution in [0.1, 0.15) is 38.2 Å². The van der Waals surface area contributed by atoms with E-state index in [0.717, 1.165) is 36.9 Å². The number of hydrogen-bond donors (Lipinski definition) is 1. The van der Waals surface area contributed by atoms with Crippen LogP contribution in [0.2, 0.25) is 0 Å². The smallest absolute Gasteiger partial charge is 0.124 e. The van der Waals surface area contributed by atoms with Crippen LogP contribution in [0.25, 0.3) is 0 Å². The highest BCUT2D eigenvalue weighted by atomic mass is 16.5. The Kier molecular flexibility index (Phi) is 12.4. The fraction of sp³-hybridized carbons (Fsp3) is 0.348. The van der Waals surface area contributed by atoms with E-state index in [9.17, 15) is 9.90 Å². The van der Waals surface area contributed by atoms with E-state index in [1.54, 1.807) is 6.08 Å². The summed E-state index contributed by atoms with van der Waals surface area (Å²) < 4.78 is 5.62. The molecule has 1 unspecified atom stereocenters. The van der Waals surface area contributed by atoms with Gasteiger partial charge in [0.1, 0.15) is 12.0 Å². The number of carbonyl (C=O) groups excluding carboxylic acids is 1. The van der Waals surface area contributed by atoms with Crippen molar-refractivity contribution < 1.29 is 14.6 Å². The Hall–Kier alpha value is -2.39. The second kappa shape index (κ2) is 14.9. The first-order valence-electron chi connectivity index (χ1n) is 9.24. The van der Waals surface area contributed by atoms with E-state index >= 15 is 0 Å². The monoisotopic (exact) mass is 354 g/mol. The molecule has 1 N–H and O–H groups in total. The maximum absolute atomic E-state index is 10.5. The zero-order valence-corrected chi connectivity index (χ0v) is 15.6. The standard InChI is InChI=1S/C23H30O3/c1-2-3-4-5-6-7-8-9-10-11-14-22(25)17-19-26-23-15-12-13-21(20-23)16-18-24/h3-4,7-15,18,20,22,25H,2,5-6,16-17,19H2,1H3/b4-3-,8-7+,10-9-,14-11+. The number of unbranched alkanes of at least 4 members (excludes halogenated alkanes) is 1. The second-order valence-electron chi connectivity index (χ2n) is 5.88. The minimum atomic E-state index is -0.541. The lowest BCUT2D eigenvalue weighted by atomic mass is 10.1. The van der Waals surface area contributed by atoms with Crippen LogP contribution in [0.4, 0.5) is 0 Å². The van der Waals surface area contributed by atoms with E-state index in [-0.39, 0.29) is 0 Å². The minimum absolute atomic E-state index is 0.388. The van der Waals surface area contributed by atoms with E-state index in [4.69, 9.17) is 4.74 Å². The number of allylic oxidation sites excluding steroid dienone is 7. The highest BCUT2D eigenvalue weighted by Crippen LogP contribution is 2.14. The molecule has 3 heteroatoms. The van der Waals surface area contributed by atoms with Crippen LogP contribution in [0.5, 0.6) is 5.75 Å². The molecular weight excluding hydrogens is 324 g/mol. The van der Waals surface area contributed by atoms with E-state index in [1.165, 1.54) is 0 Å². The van der Waals surface area contributed by atoms with E-state index < -0.39 is 6.10 Å². The van der Waals surface area contributed by atoms with Gasteiger partial charge in [-0.1, -0.05) is 67.7 Å². The fourth-order valence-electron chi connectivity index (χ4n) is 2.22. The first-order valence-corrected chi connectivity index (χ1v) is 9.24. The molecule has 0 fully saturated rings. The summed E-state index contributed by atoms with van der Waals surface area (Å²) in [6.07, 6.45) is 20.4. The van der Waals surface area contributed by atoms with Crippen LogP contribution in [0, 0.1) is 0 Å². The lowest BCUT2D eigenvalue weighted by Gasteiger charge is -2.09. The van der Waals surface area contributed by atoms with Gasteiger partial charge in [0.05, 0.1) is 12.7 Å². The summed E-state index contributed by atoms with van der Waals surface area (Å²) in [5.74, 6) is 0.722. The Labute approximate surface area is 157 Å². The number of ether oxygens (including phenoxy) is 1. The van der Waals surface area contributed by atoms with Gasteiger partial charge < -0.3 is 14.6 Å². The van der Waals surface area contributed by atoms with Gasteiger partial charge in [-0.05, 0) is 37.0 Å². The summed E-state index contributed by atoms with van der Waals surface area (Å²) in [7, 11) is 0. The maximum Gasteiger partial charge on any atom is 0.124 e. The average Bonchev–Trinajstić information content (AvgIpc) is 2.64. The van der Waals surface area contributed by atoms with Gasteiger partial charge >= 0.3 is 0 Å². The second-order valence-corrected chi connectivity index (χ2v) is 5.88. The van der Waals surface area contributed by atoms with Crippen LogP contribution >= 0.6 is 0 Å². The molecule has 0 bridgehead atoms. The van der Waals surface area contributed by atoms with Crippen LogP contribution in [-0.4, -0.2) is 24.1 Å². The van der Waals surface area contributed by atoms with Crippen molar-refractivity contribution in [1.29, 1.82) is 0 Å². The van der Waals surface area contributed by atoms with Crippen molar-refractivity contribution in [3.05, 3.63) is 78.4 Å². The van der Waals surface area contributed by atoms with Crippen molar-refractivity contribution in [3.8, 4) is 5.75 Å². The molecule has 0 aliphatic rings. The molecule has 0 spiro atoms. The van der Waals surface area contributed by atoms with Gasteiger partial charge in [0.25, 0.3) is 0 Å². The maximum atomic E-state index is 10.5. The van der Waals surface area contributed by atoms with E-state index in [0.29, 0.717) is 19.4 Å². The number of rotatable bonds is 13. The average molecular weight is 354 g/mol. The van der Waals surface area contributed by atoms with E-state index in [2.05, 4.69) is 25.2 Å². The van der Waals surface area contributed by atoms with Gasteiger partial charge in [0, 0.05) is 12.8 Å². The molecule has 0 heterocycles.